The second kappa shape index (κ2) is 10.4. The van der Waals surface area contributed by atoms with Gasteiger partial charge in [-0.2, -0.15) is 0 Å². The summed E-state index contributed by atoms with van der Waals surface area (Å²) in [6, 6.07) is 13.7. The summed E-state index contributed by atoms with van der Waals surface area (Å²) in [7, 11) is 0. The number of carbonyl (C=O) groups excluding carboxylic acids is 2. The Morgan fingerprint density at radius 3 is 2.62 bits per heavy atom. The maximum absolute atomic E-state index is 12.4. The van der Waals surface area contributed by atoms with Gasteiger partial charge in [0.05, 0.1) is 15.1 Å². The number of rotatable bonds is 9. The lowest BCUT2D eigenvalue weighted by molar-refractivity contribution is -0.116. The van der Waals surface area contributed by atoms with Gasteiger partial charge in [0.25, 0.3) is 5.91 Å². The number of aromatic carboxylic acids is 1. The normalized spacial score (nSPS) is 10.8. The summed E-state index contributed by atoms with van der Waals surface area (Å²) >= 11 is 2.68. The molecule has 0 radical (unpaired) electrons. The Morgan fingerprint density at radius 1 is 1.00 bits per heavy atom. The maximum Gasteiger partial charge on any atom is 0.339 e. The number of fused-ring (bicyclic) bond motifs is 1. The summed E-state index contributed by atoms with van der Waals surface area (Å²) in [5.74, 6) is -1.87. The predicted molar refractivity (Wildman–Crippen MR) is 133 cm³/mol. The van der Waals surface area contributed by atoms with Crippen LogP contribution in [0.2, 0.25) is 0 Å². The molecule has 4 rings (SSSR count). The second-order valence-corrected chi connectivity index (χ2v) is 9.43. The molecule has 0 atom stereocenters. The van der Waals surface area contributed by atoms with E-state index in [1.807, 2.05) is 24.3 Å². The highest BCUT2D eigenvalue weighted by Crippen LogP contribution is 2.29. The molecule has 8 nitrogen and oxygen atoms in total. The predicted octanol–water partition coefficient (Wildman–Crippen LogP) is 4.97. The topological polar surface area (TPSA) is 129 Å². The van der Waals surface area contributed by atoms with E-state index < -0.39 is 5.97 Å². The van der Waals surface area contributed by atoms with Crippen LogP contribution < -0.4 is 10.6 Å². The van der Waals surface area contributed by atoms with Crippen molar-refractivity contribution in [3.8, 4) is 16.9 Å². The lowest BCUT2D eigenvalue weighted by Gasteiger charge is -2.04. The minimum Gasteiger partial charge on any atom is -0.507 e. The number of para-hydroxylation sites is 1. The number of aromatic hydroxyl groups is 1. The summed E-state index contributed by atoms with van der Waals surface area (Å²) in [5.41, 5.74) is 1.96. The van der Waals surface area contributed by atoms with Gasteiger partial charge in [-0.1, -0.05) is 29.5 Å². The molecule has 0 bridgehead atoms. The van der Waals surface area contributed by atoms with Crippen molar-refractivity contribution in [2.45, 2.75) is 19.3 Å². The number of carboxylic acid groups (broad SMARTS) is 1. The number of carbonyl (C=O) groups is 3. The molecule has 4 aromatic rings. The molecule has 0 saturated heterocycles. The Balaban J connectivity index is 1.22. The highest BCUT2D eigenvalue weighted by molar-refractivity contribution is 7.22. The number of hydrogen-bond donors (Lipinski definition) is 4. The SMILES string of the molecule is O=C(CCCCNC(=O)c1cc(-c2ccc(O)c(C(=O)O)c2)cs1)Nc1nc2ccccc2s1. The number of phenols is 1. The molecular weight excluding hydrogens is 474 g/mol. The number of carboxylic acids is 1. The van der Waals surface area contributed by atoms with Crippen LogP contribution in [0.3, 0.4) is 0 Å². The van der Waals surface area contributed by atoms with E-state index in [1.54, 1.807) is 17.5 Å². The number of anilines is 1. The summed E-state index contributed by atoms with van der Waals surface area (Å²) in [6.07, 6.45) is 1.61. The van der Waals surface area contributed by atoms with Gasteiger partial charge >= 0.3 is 5.97 Å². The van der Waals surface area contributed by atoms with E-state index in [0.717, 1.165) is 10.2 Å². The van der Waals surface area contributed by atoms with Crippen LogP contribution in [0.15, 0.2) is 53.9 Å². The first-order chi connectivity index (χ1) is 16.4. The second-order valence-electron chi connectivity index (χ2n) is 7.48. The van der Waals surface area contributed by atoms with E-state index in [-0.39, 0.29) is 23.1 Å². The van der Waals surface area contributed by atoms with E-state index in [2.05, 4.69) is 15.6 Å². The third-order valence-corrected chi connectivity index (χ3v) is 6.92. The smallest absolute Gasteiger partial charge is 0.339 e. The van der Waals surface area contributed by atoms with Crippen LogP contribution in [0.5, 0.6) is 5.75 Å². The molecule has 0 unspecified atom stereocenters. The van der Waals surface area contributed by atoms with Crippen LogP contribution >= 0.6 is 22.7 Å². The van der Waals surface area contributed by atoms with E-state index in [1.165, 1.54) is 34.8 Å². The number of unbranched alkanes of at least 4 members (excludes halogenated alkanes) is 1. The van der Waals surface area contributed by atoms with E-state index in [0.29, 0.717) is 46.9 Å². The van der Waals surface area contributed by atoms with Gasteiger partial charge in [0, 0.05) is 13.0 Å². The zero-order valence-corrected chi connectivity index (χ0v) is 19.5. The van der Waals surface area contributed by atoms with E-state index in [9.17, 15) is 19.5 Å². The van der Waals surface area contributed by atoms with Crippen LogP contribution in [0.1, 0.15) is 39.3 Å². The summed E-state index contributed by atoms with van der Waals surface area (Å²) in [5, 5.41) is 26.8. The van der Waals surface area contributed by atoms with Crippen LogP contribution in [-0.2, 0) is 4.79 Å². The van der Waals surface area contributed by atoms with E-state index in [4.69, 9.17) is 5.11 Å². The molecule has 174 valence electrons. The first-order valence-electron chi connectivity index (χ1n) is 10.5. The number of amides is 2. The Labute approximate surface area is 202 Å². The fraction of sp³-hybridized carbons (Fsp3) is 0.167. The molecule has 0 fully saturated rings. The molecule has 34 heavy (non-hydrogen) atoms. The van der Waals surface area contributed by atoms with Gasteiger partial charge in [-0.3, -0.25) is 9.59 Å². The molecule has 0 aliphatic rings. The average molecular weight is 496 g/mol. The fourth-order valence-electron chi connectivity index (χ4n) is 3.30. The molecule has 2 aromatic heterocycles. The molecule has 0 aliphatic heterocycles. The summed E-state index contributed by atoms with van der Waals surface area (Å²) < 4.78 is 1.02. The standard InChI is InChI=1S/C24H21N3O5S2/c28-18-9-8-14(11-16(18)23(31)32)15-12-20(33-13-15)22(30)25-10-4-3-7-21(29)27-24-26-17-5-1-2-6-19(17)34-24/h1-2,5-6,8-9,11-13,28H,3-4,7,10H2,(H,25,30)(H,31,32)(H,26,27,29). The Kier molecular flexibility index (Phi) is 7.19. The van der Waals surface area contributed by atoms with Gasteiger partial charge in [0.1, 0.15) is 11.3 Å². The van der Waals surface area contributed by atoms with Crippen LogP contribution in [0.25, 0.3) is 21.3 Å². The van der Waals surface area contributed by atoms with Crippen molar-refractivity contribution >= 4 is 55.8 Å². The van der Waals surface area contributed by atoms with Crippen LogP contribution in [0, 0.1) is 0 Å². The monoisotopic (exact) mass is 495 g/mol. The molecule has 0 saturated carbocycles. The van der Waals surface area contributed by atoms with Crippen LogP contribution in [-0.4, -0.2) is 39.5 Å². The number of thiazole rings is 1. The molecule has 4 N–H and O–H groups in total. The van der Waals surface area contributed by atoms with Crippen molar-refractivity contribution < 1.29 is 24.6 Å². The minimum atomic E-state index is -1.22. The highest BCUT2D eigenvalue weighted by Gasteiger charge is 2.14. The first-order valence-corrected chi connectivity index (χ1v) is 12.2. The number of benzene rings is 2. The number of nitrogens with zero attached hydrogens (tertiary/aromatic N) is 1. The Hall–Kier alpha value is -3.76. The number of hydrogen-bond acceptors (Lipinski definition) is 7. The third-order valence-electron chi connectivity index (χ3n) is 5.04. The number of thiophene rings is 1. The molecule has 0 aliphatic carbocycles. The third kappa shape index (κ3) is 5.59. The fourth-order valence-corrected chi connectivity index (χ4v) is 5.01. The summed E-state index contributed by atoms with van der Waals surface area (Å²) in [4.78, 5) is 40.7. The quantitative estimate of drug-likeness (QED) is 0.243. The molecule has 10 heteroatoms. The van der Waals surface area contributed by atoms with Crippen molar-refractivity contribution in [1.29, 1.82) is 0 Å². The van der Waals surface area contributed by atoms with Gasteiger partial charge in [0.15, 0.2) is 5.13 Å². The van der Waals surface area contributed by atoms with Gasteiger partial charge in [-0.05, 0) is 59.7 Å². The van der Waals surface area contributed by atoms with Gasteiger partial charge < -0.3 is 20.8 Å². The number of aromatic nitrogens is 1. The molecule has 2 heterocycles. The highest BCUT2D eigenvalue weighted by atomic mass is 32.1. The first kappa shape index (κ1) is 23.4. The minimum absolute atomic E-state index is 0.108. The van der Waals surface area contributed by atoms with Gasteiger partial charge in [0.2, 0.25) is 5.91 Å². The Bertz CT molecular complexity index is 1330. The summed E-state index contributed by atoms with van der Waals surface area (Å²) in [6.45, 7) is 0.433. The molecule has 2 aromatic carbocycles. The van der Waals surface area contributed by atoms with Gasteiger partial charge in [-0.25, -0.2) is 9.78 Å². The lowest BCUT2D eigenvalue weighted by Crippen LogP contribution is -2.23. The van der Waals surface area contributed by atoms with E-state index >= 15 is 0 Å². The van der Waals surface area contributed by atoms with Crippen molar-refractivity contribution in [2.75, 3.05) is 11.9 Å². The zero-order valence-electron chi connectivity index (χ0n) is 17.9. The molecule has 2 amide bonds. The van der Waals surface area contributed by atoms with Crippen molar-refractivity contribution in [3.63, 3.8) is 0 Å². The number of nitrogens with one attached hydrogen (secondary N) is 2. The van der Waals surface area contributed by atoms with Crippen molar-refractivity contribution in [2.24, 2.45) is 0 Å². The Morgan fingerprint density at radius 2 is 1.82 bits per heavy atom. The van der Waals surface area contributed by atoms with Crippen molar-refractivity contribution in [3.05, 3.63) is 64.4 Å². The zero-order chi connectivity index (χ0) is 24.1. The van der Waals surface area contributed by atoms with Crippen LogP contribution in [0.4, 0.5) is 5.13 Å². The van der Waals surface area contributed by atoms with Gasteiger partial charge in [-0.15, -0.1) is 11.3 Å². The average Bonchev–Trinajstić information content (AvgIpc) is 3.46. The van der Waals surface area contributed by atoms with Crippen molar-refractivity contribution in [1.82, 2.24) is 10.3 Å². The maximum atomic E-state index is 12.4. The molecule has 0 spiro atoms. The molecular formula is C24H21N3O5S2. The largest absolute Gasteiger partial charge is 0.507 e. The lowest BCUT2D eigenvalue weighted by atomic mass is 10.0.